The summed E-state index contributed by atoms with van der Waals surface area (Å²) in [6.45, 7) is 0. The van der Waals surface area contributed by atoms with Crippen molar-refractivity contribution in [2.24, 2.45) is 0 Å². The van der Waals surface area contributed by atoms with Crippen LogP contribution in [0.25, 0.3) is 0 Å². The molecular weight excluding hydrogens is 226 g/mol. The van der Waals surface area contributed by atoms with E-state index in [9.17, 15) is 13.2 Å². The second-order valence-corrected chi connectivity index (χ2v) is 1.22. The Morgan fingerprint density at radius 3 is 1.29 bits per heavy atom. The maximum Gasteiger partial charge on any atom is 2.00 e. The molecule has 0 aromatic heterocycles. The molecule has 7 heavy (non-hydrogen) atoms. The third kappa shape index (κ3) is 6.63. The van der Waals surface area contributed by atoms with Gasteiger partial charge in [-0.2, -0.15) is 13.2 Å². The molecule has 0 aliphatic carbocycles. The van der Waals surface area contributed by atoms with Crippen LogP contribution < -0.4 is 0 Å². The van der Waals surface area contributed by atoms with Crippen molar-refractivity contribution >= 4 is 15.9 Å². The predicted octanol–water partition coefficient (Wildman–Crippen LogP) is 2.41. The van der Waals surface area contributed by atoms with Crippen molar-refractivity contribution < 1.29 is 32.6 Å². The minimum atomic E-state index is -2.32. The molecule has 0 bridgehead atoms. The summed E-state index contributed by atoms with van der Waals surface area (Å²) in [7, 11) is 0. The van der Waals surface area contributed by atoms with E-state index in [2.05, 4.69) is 0 Å². The first-order valence-electron chi connectivity index (χ1n) is 1.01. The average Bonchev–Trinajstić information content (AvgIpc) is 1.36. The predicted molar refractivity (Wildman–Crippen MR) is 19.3 cm³/mol. The van der Waals surface area contributed by atoms with Crippen LogP contribution in [0.2, 0.25) is 0 Å². The van der Waals surface area contributed by atoms with E-state index >= 15 is 0 Å². The minimum absolute atomic E-state index is 0. The van der Waals surface area contributed by atoms with Gasteiger partial charge in [0.1, 0.15) is 0 Å². The van der Waals surface area contributed by atoms with Gasteiger partial charge in [0.2, 0.25) is 4.74 Å². The number of hydrogen-bond donors (Lipinski definition) is 0. The Kier molecular flexibility index (Phi) is 7.23. The summed E-state index contributed by atoms with van der Waals surface area (Å²) in [4.78, 5) is 0. The summed E-state index contributed by atoms with van der Waals surface area (Å²) in [5.41, 5.74) is 0. The van der Waals surface area contributed by atoms with Gasteiger partial charge in [0, 0.05) is 0 Å². The van der Waals surface area contributed by atoms with Crippen molar-refractivity contribution in [3.63, 3.8) is 0 Å². The summed E-state index contributed by atoms with van der Waals surface area (Å²) in [6.07, 6.45) is -2.32. The van der Waals surface area contributed by atoms with Crippen molar-refractivity contribution in [1.82, 2.24) is 0 Å². The van der Waals surface area contributed by atoms with Gasteiger partial charge in [0.15, 0.2) is 0 Å². The van der Waals surface area contributed by atoms with Crippen LogP contribution in [-0.4, -0.2) is 0 Å². The van der Waals surface area contributed by atoms with E-state index in [0.29, 0.717) is 0 Å². The van der Waals surface area contributed by atoms with Gasteiger partial charge in [-0.05, 0) is 15.9 Å². The van der Waals surface area contributed by atoms with E-state index in [1.165, 1.54) is 0 Å². The summed E-state index contributed by atoms with van der Waals surface area (Å²) in [5.74, 6) is 0. The van der Waals surface area contributed by atoms with Crippen molar-refractivity contribution in [2.75, 3.05) is 0 Å². The van der Waals surface area contributed by atoms with Crippen LogP contribution >= 0.6 is 15.9 Å². The van der Waals surface area contributed by atoms with E-state index < -0.39 is 10.8 Å². The molecule has 0 nitrogen and oxygen atoms in total. The molecule has 0 radical (unpaired) electrons. The Bertz CT molecular complexity index is 63.0. The van der Waals surface area contributed by atoms with Gasteiger partial charge in [-0.3, -0.25) is 0 Å². The zero-order valence-electron chi connectivity index (χ0n) is 3.22. The zero-order valence-corrected chi connectivity index (χ0v) is 7.77. The van der Waals surface area contributed by atoms with E-state index in [1.54, 1.807) is 0 Å². The molecule has 36 valence electrons. The number of rotatable bonds is 0. The molecule has 0 unspecified atom stereocenters. The average molecular weight is 226 g/mol. The first-order valence-corrected chi connectivity index (χ1v) is 1.80. The summed E-state index contributed by atoms with van der Waals surface area (Å²) < 4.78 is 30.5. The van der Waals surface area contributed by atoms with Crippen LogP contribution in [0.15, 0.2) is 10.8 Å². The monoisotopic (exact) mass is 224 g/mol. The van der Waals surface area contributed by atoms with Crippen LogP contribution in [0.4, 0.5) is 13.2 Å². The summed E-state index contributed by atoms with van der Waals surface area (Å²) in [6, 6.07) is 0. The van der Waals surface area contributed by atoms with E-state index in [0.717, 1.165) is 0 Å². The Morgan fingerprint density at radius 2 is 1.29 bits per heavy atom. The largest absolute Gasteiger partial charge is 2.00 e. The van der Waals surface area contributed by atoms with Gasteiger partial charge in [0.25, 0.3) is 0 Å². The first-order chi connectivity index (χ1) is 2.64. The second kappa shape index (κ2) is 4.78. The standard InChI is InChI=1S/C2BrF3.Zn/c3-1(4)2(5)6;/q;+2. The maximum atomic E-state index is 10.9. The molecule has 0 heterocycles. The Hall–Kier alpha value is 0.633. The molecule has 0 fully saturated rings. The van der Waals surface area contributed by atoms with Crippen molar-refractivity contribution in [1.29, 1.82) is 0 Å². The van der Waals surface area contributed by atoms with Crippen molar-refractivity contribution in [3.05, 3.63) is 10.8 Å². The van der Waals surface area contributed by atoms with Crippen LogP contribution in [-0.2, 0) is 19.5 Å². The zero-order chi connectivity index (χ0) is 5.15. The van der Waals surface area contributed by atoms with E-state index in [4.69, 9.17) is 0 Å². The fourth-order valence-electron chi connectivity index (χ4n) is 0. The molecule has 0 N–H and O–H groups in total. The van der Waals surface area contributed by atoms with Gasteiger partial charge in [-0.1, -0.05) is 0 Å². The van der Waals surface area contributed by atoms with Crippen LogP contribution in [0, 0.1) is 0 Å². The minimum Gasteiger partial charge on any atom is -0.193 e. The topological polar surface area (TPSA) is 0 Å². The molecule has 0 saturated carbocycles. The van der Waals surface area contributed by atoms with E-state index in [1.807, 2.05) is 15.9 Å². The SMILES string of the molecule is FC(F)=C(F)Br.[Zn+2]. The molecule has 0 spiro atoms. The van der Waals surface area contributed by atoms with E-state index in [-0.39, 0.29) is 19.5 Å². The van der Waals surface area contributed by atoms with Crippen LogP contribution in [0.5, 0.6) is 0 Å². The van der Waals surface area contributed by atoms with Gasteiger partial charge in [-0.25, -0.2) is 0 Å². The third-order valence-electron chi connectivity index (χ3n) is 0.143. The number of halogens is 4. The molecular formula is C2BrF3Zn+2. The molecule has 5 heteroatoms. The summed E-state index contributed by atoms with van der Waals surface area (Å²) in [5, 5.41) is 0. The third-order valence-corrected chi connectivity index (χ3v) is 0.443. The van der Waals surface area contributed by atoms with Gasteiger partial charge in [0.05, 0.1) is 0 Å². The molecule has 0 atom stereocenters. The van der Waals surface area contributed by atoms with Gasteiger partial charge in [-0.15, -0.1) is 0 Å². The first kappa shape index (κ1) is 10.6. The second-order valence-electron chi connectivity index (χ2n) is 0.521. The number of hydrogen-bond acceptors (Lipinski definition) is 0. The molecule has 0 aliphatic heterocycles. The van der Waals surface area contributed by atoms with Crippen molar-refractivity contribution in [2.45, 2.75) is 0 Å². The molecule has 0 saturated heterocycles. The quantitative estimate of drug-likeness (QED) is 0.556. The molecule has 0 aromatic carbocycles. The van der Waals surface area contributed by atoms with Crippen LogP contribution in [0.1, 0.15) is 0 Å². The Labute approximate surface area is 59.7 Å². The summed E-state index contributed by atoms with van der Waals surface area (Å²) >= 11 is 1.90. The van der Waals surface area contributed by atoms with Crippen LogP contribution in [0.3, 0.4) is 0 Å². The van der Waals surface area contributed by atoms with Gasteiger partial charge >= 0.3 is 25.6 Å². The maximum absolute atomic E-state index is 10.9. The Balaban J connectivity index is 0. The molecule has 0 aromatic rings. The molecule has 0 rings (SSSR count). The fraction of sp³-hybridized carbons (Fsp3) is 0. The van der Waals surface area contributed by atoms with Gasteiger partial charge < -0.3 is 0 Å². The van der Waals surface area contributed by atoms with Crippen molar-refractivity contribution in [3.8, 4) is 0 Å². The smallest absolute Gasteiger partial charge is 0.193 e. The fourth-order valence-corrected chi connectivity index (χ4v) is 0. The normalized spacial score (nSPS) is 6.86. The molecule has 0 amide bonds. The molecule has 0 aliphatic rings. The Morgan fingerprint density at radius 1 is 1.14 bits per heavy atom.